The molecule has 0 heterocycles. The fraction of sp³-hybridized carbons (Fsp3) is 0.0769. The van der Waals surface area contributed by atoms with E-state index in [-0.39, 0.29) is 10.6 Å². The molecule has 0 aromatic heterocycles. The van der Waals surface area contributed by atoms with E-state index < -0.39 is 5.31 Å². The van der Waals surface area contributed by atoms with Crippen LogP contribution in [0.3, 0.4) is 0 Å². The summed E-state index contributed by atoms with van der Waals surface area (Å²) >= 11 is 4.41. The van der Waals surface area contributed by atoms with Gasteiger partial charge in [0.15, 0.2) is 0 Å². The first-order chi connectivity index (χ1) is 14.9. The number of nitrogens with zero attached hydrogens (tertiary/aromatic N) is 1. The van der Waals surface area contributed by atoms with E-state index in [0.29, 0.717) is 11.7 Å². The Hall–Kier alpha value is -2.81. The molecule has 31 heavy (non-hydrogen) atoms. The Labute approximate surface area is 190 Å². The van der Waals surface area contributed by atoms with E-state index in [1.165, 1.54) is 15.9 Å². The first-order valence-electron chi connectivity index (χ1n) is 10.1. The van der Waals surface area contributed by atoms with Crippen molar-refractivity contribution in [1.82, 2.24) is 0 Å². The van der Waals surface area contributed by atoms with Gasteiger partial charge in [-0.15, -0.1) is 0 Å². The Morgan fingerprint density at radius 3 is 1.52 bits per heavy atom. The molecule has 4 aromatic carbocycles. The van der Waals surface area contributed by atoms with Crippen LogP contribution in [0.15, 0.2) is 109 Å². The number of benzene rings is 4. The van der Waals surface area contributed by atoms with Gasteiger partial charge in [0.2, 0.25) is 0 Å². The van der Waals surface area contributed by atoms with Gasteiger partial charge in [0.05, 0.1) is 0 Å². The molecular formula is C26H23BrNO2P. The number of nitro benzene ring substituents is 1. The van der Waals surface area contributed by atoms with E-state index in [2.05, 4.69) is 88.3 Å². The number of hydrogen-bond donors (Lipinski definition) is 0. The van der Waals surface area contributed by atoms with E-state index in [9.17, 15) is 10.1 Å². The average Bonchev–Trinajstić information content (AvgIpc) is 2.82. The summed E-state index contributed by atoms with van der Waals surface area (Å²) in [5, 5.41) is 12.0. The van der Waals surface area contributed by atoms with E-state index in [4.69, 9.17) is 0 Å². The quantitative estimate of drug-likeness (QED) is 0.182. The first kappa shape index (κ1) is 21.4. The molecule has 0 amide bonds. The summed E-state index contributed by atoms with van der Waals surface area (Å²) in [5.41, 5.74) is 1.84. The van der Waals surface area contributed by atoms with Gasteiger partial charge in [0, 0.05) is 0 Å². The summed E-state index contributed by atoms with van der Waals surface area (Å²) in [5.74, 6) is 0. The summed E-state index contributed by atoms with van der Waals surface area (Å²) in [6, 6.07) is 36.8. The molecule has 0 aliphatic rings. The van der Waals surface area contributed by atoms with Crippen LogP contribution in [0.2, 0.25) is 0 Å². The monoisotopic (exact) mass is 491 g/mol. The van der Waals surface area contributed by atoms with Gasteiger partial charge in [0.1, 0.15) is 0 Å². The van der Waals surface area contributed by atoms with Crippen LogP contribution >= 0.6 is 20.8 Å². The number of hydrogen-bond acceptors (Lipinski definition) is 2. The molecule has 0 spiro atoms. The molecule has 0 bridgehead atoms. The molecule has 0 saturated heterocycles. The number of nitro groups is 1. The molecule has 0 fully saturated rings. The van der Waals surface area contributed by atoms with Crippen LogP contribution in [0.4, 0.5) is 5.69 Å². The molecule has 0 aliphatic heterocycles. The van der Waals surface area contributed by atoms with Crippen molar-refractivity contribution in [2.45, 2.75) is 13.1 Å². The zero-order valence-corrected chi connectivity index (χ0v) is 19.7. The second-order valence-electron chi connectivity index (χ2n) is 7.67. The SMILES string of the molecule is Cc1c(CP(Br)(c2ccccc2)(c2ccccc2)c2ccccc2)cccc1[N+](=O)[O-]. The van der Waals surface area contributed by atoms with Crippen molar-refractivity contribution in [3.8, 4) is 0 Å². The van der Waals surface area contributed by atoms with Crippen molar-refractivity contribution >= 4 is 42.4 Å². The minimum absolute atomic E-state index is 0.157. The molecule has 0 aliphatic carbocycles. The van der Waals surface area contributed by atoms with Crippen LogP contribution in [-0.4, -0.2) is 4.92 Å². The first-order valence-corrected chi connectivity index (χ1v) is 14.5. The molecule has 156 valence electrons. The van der Waals surface area contributed by atoms with Crippen LogP contribution in [-0.2, 0) is 6.16 Å². The second kappa shape index (κ2) is 8.37. The third-order valence-corrected chi connectivity index (χ3v) is 15.5. The van der Waals surface area contributed by atoms with Crippen LogP contribution in [0, 0.1) is 17.0 Å². The standard InChI is InChI=1S/C26H23BrNO2P/c1-21-22(12-11-19-26(21)28(29)30)20-31(27,23-13-5-2-6-14-23,24-15-7-3-8-16-24)25-17-9-4-10-18-25/h2-19H,20H2,1H3. The third-order valence-electron chi connectivity index (χ3n) is 5.97. The van der Waals surface area contributed by atoms with Gasteiger partial charge in [-0.2, -0.15) is 0 Å². The van der Waals surface area contributed by atoms with Crippen LogP contribution in [0.1, 0.15) is 11.1 Å². The van der Waals surface area contributed by atoms with Crippen molar-refractivity contribution in [3.05, 3.63) is 130 Å². The Kier molecular flexibility index (Phi) is 5.79. The zero-order valence-electron chi connectivity index (χ0n) is 17.2. The molecule has 5 heteroatoms. The molecule has 0 saturated carbocycles. The molecule has 0 N–H and O–H groups in total. The molecule has 0 atom stereocenters. The second-order valence-corrected chi connectivity index (χ2v) is 16.6. The topological polar surface area (TPSA) is 43.1 Å². The fourth-order valence-electron chi connectivity index (χ4n) is 4.30. The number of halogens is 1. The van der Waals surface area contributed by atoms with Gasteiger partial charge >= 0.3 is 191 Å². The summed E-state index contributed by atoms with van der Waals surface area (Å²) in [6.07, 6.45) is 0.636. The van der Waals surface area contributed by atoms with Gasteiger partial charge in [-0.25, -0.2) is 0 Å². The summed E-state index contributed by atoms with van der Waals surface area (Å²) in [4.78, 5) is 11.3. The molecular weight excluding hydrogens is 469 g/mol. The van der Waals surface area contributed by atoms with E-state index in [1.807, 2.05) is 31.2 Å². The Balaban J connectivity index is 2.10. The van der Waals surface area contributed by atoms with E-state index in [1.54, 1.807) is 12.1 Å². The zero-order chi connectivity index (χ0) is 21.9. The van der Waals surface area contributed by atoms with Gasteiger partial charge in [0.25, 0.3) is 0 Å². The Bertz CT molecular complexity index is 1110. The molecule has 0 unspecified atom stereocenters. The molecule has 3 nitrogen and oxygen atoms in total. The maximum atomic E-state index is 11.6. The minimum atomic E-state index is -3.18. The van der Waals surface area contributed by atoms with Gasteiger partial charge in [-0.05, 0) is 0 Å². The Morgan fingerprint density at radius 1 is 0.710 bits per heavy atom. The van der Waals surface area contributed by atoms with Crippen molar-refractivity contribution in [2.75, 3.05) is 0 Å². The summed E-state index contributed by atoms with van der Waals surface area (Å²) in [6.45, 7) is 1.85. The Morgan fingerprint density at radius 2 is 1.13 bits per heavy atom. The molecule has 0 radical (unpaired) electrons. The predicted octanol–water partition coefficient (Wildman–Crippen LogP) is 6.24. The normalized spacial score (nSPS) is 12.6. The van der Waals surface area contributed by atoms with Crippen LogP contribution in [0.5, 0.6) is 0 Å². The molecule has 4 rings (SSSR count). The maximum absolute atomic E-state index is 11.6. The van der Waals surface area contributed by atoms with Gasteiger partial charge in [-0.3, -0.25) is 0 Å². The molecule has 4 aromatic rings. The van der Waals surface area contributed by atoms with Crippen molar-refractivity contribution in [1.29, 1.82) is 0 Å². The van der Waals surface area contributed by atoms with Crippen molar-refractivity contribution < 1.29 is 4.92 Å². The number of rotatable bonds is 6. The van der Waals surface area contributed by atoms with Crippen LogP contribution in [0.25, 0.3) is 0 Å². The summed E-state index contributed by atoms with van der Waals surface area (Å²) in [7, 11) is 0. The van der Waals surface area contributed by atoms with Crippen molar-refractivity contribution in [3.63, 3.8) is 0 Å². The fourth-order valence-corrected chi connectivity index (χ4v) is 12.0. The van der Waals surface area contributed by atoms with Crippen molar-refractivity contribution in [2.24, 2.45) is 0 Å². The van der Waals surface area contributed by atoms with Crippen LogP contribution < -0.4 is 15.9 Å². The van der Waals surface area contributed by atoms with Gasteiger partial charge in [-0.1, -0.05) is 0 Å². The third kappa shape index (κ3) is 3.60. The van der Waals surface area contributed by atoms with E-state index >= 15 is 0 Å². The average molecular weight is 492 g/mol. The predicted molar refractivity (Wildman–Crippen MR) is 136 cm³/mol. The summed E-state index contributed by atoms with van der Waals surface area (Å²) < 4.78 is 0. The van der Waals surface area contributed by atoms with Gasteiger partial charge < -0.3 is 0 Å². The van der Waals surface area contributed by atoms with E-state index in [0.717, 1.165) is 5.56 Å².